The van der Waals surface area contributed by atoms with Crippen molar-refractivity contribution in [2.75, 3.05) is 0 Å². The highest BCUT2D eigenvalue weighted by Gasteiger charge is 2.21. The molecule has 2 amide bonds. The van der Waals surface area contributed by atoms with Crippen LogP contribution in [0.1, 0.15) is 21.3 Å². The van der Waals surface area contributed by atoms with Crippen LogP contribution >= 0.6 is 22.9 Å². The van der Waals surface area contributed by atoms with Gasteiger partial charge in [-0.25, -0.2) is 0 Å². The molecule has 4 nitrogen and oxygen atoms in total. The van der Waals surface area contributed by atoms with Gasteiger partial charge in [-0.3, -0.25) is 9.59 Å². The number of halogens is 1. The third kappa shape index (κ3) is 3.33. The molecule has 0 bridgehead atoms. The van der Waals surface area contributed by atoms with Crippen molar-refractivity contribution < 1.29 is 9.59 Å². The van der Waals surface area contributed by atoms with Gasteiger partial charge in [-0.15, -0.1) is 11.3 Å². The summed E-state index contributed by atoms with van der Waals surface area (Å²) >= 11 is 6.91. The third-order valence-electron chi connectivity index (χ3n) is 2.49. The first kappa shape index (κ1) is 13.6. The third-order valence-corrected chi connectivity index (χ3v) is 3.72. The average Bonchev–Trinajstić information content (AvgIpc) is 2.83. The van der Waals surface area contributed by atoms with Crippen molar-refractivity contribution in [2.45, 2.75) is 6.04 Å². The summed E-state index contributed by atoms with van der Waals surface area (Å²) in [6, 6.07) is 11.2. The minimum absolute atomic E-state index is 0.371. The Kier molecular flexibility index (Phi) is 4.19. The first-order valence-corrected chi connectivity index (χ1v) is 6.68. The van der Waals surface area contributed by atoms with Gasteiger partial charge < -0.3 is 11.1 Å². The number of amides is 2. The van der Waals surface area contributed by atoms with Crippen LogP contribution in [0, 0.1) is 0 Å². The van der Waals surface area contributed by atoms with E-state index in [0.717, 1.165) is 11.3 Å². The van der Waals surface area contributed by atoms with Crippen LogP contribution in [-0.2, 0) is 4.79 Å². The summed E-state index contributed by atoms with van der Waals surface area (Å²) in [6.07, 6.45) is 0. The molecular weight excluding hydrogens is 284 g/mol. The highest BCUT2D eigenvalue weighted by molar-refractivity contribution is 7.18. The molecule has 0 aliphatic heterocycles. The Bertz CT molecular complexity index is 598. The van der Waals surface area contributed by atoms with Crippen molar-refractivity contribution in [3.63, 3.8) is 0 Å². The Hall–Kier alpha value is -1.85. The van der Waals surface area contributed by atoms with Crippen LogP contribution < -0.4 is 11.1 Å². The number of thiophene rings is 1. The van der Waals surface area contributed by atoms with Crippen LogP contribution in [-0.4, -0.2) is 11.8 Å². The van der Waals surface area contributed by atoms with Gasteiger partial charge in [-0.2, -0.15) is 0 Å². The van der Waals surface area contributed by atoms with Gasteiger partial charge in [0.05, 0.1) is 9.21 Å². The van der Waals surface area contributed by atoms with Crippen molar-refractivity contribution in [2.24, 2.45) is 5.73 Å². The molecule has 6 heteroatoms. The zero-order valence-corrected chi connectivity index (χ0v) is 11.4. The number of carbonyl (C=O) groups excluding carboxylic acids is 2. The number of benzene rings is 1. The Balaban J connectivity index is 2.18. The first-order valence-electron chi connectivity index (χ1n) is 5.48. The van der Waals surface area contributed by atoms with E-state index >= 15 is 0 Å². The SMILES string of the molecule is NC(=O)C(NC(=O)c1ccc(Cl)s1)c1ccccc1. The molecule has 1 aromatic carbocycles. The standard InChI is InChI=1S/C13H11ClN2O2S/c14-10-7-6-9(19-10)13(18)16-11(12(15)17)8-4-2-1-3-5-8/h1-7,11H,(H2,15,17)(H,16,18). The van der Waals surface area contributed by atoms with Gasteiger partial charge in [0.25, 0.3) is 5.91 Å². The van der Waals surface area contributed by atoms with Gasteiger partial charge in [0, 0.05) is 0 Å². The molecule has 0 radical (unpaired) electrons. The molecule has 2 aromatic rings. The summed E-state index contributed by atoms with van der Waals surface area (Å²) in [7, 11) is 0. The highest BCUT2D eigenvalue weighted by atomic mass is 35.5. The first-order chi connectivity index (χ1) is 9.08. The van der Waals surface area contributed by atoms with E-state index in [4.69, 9.17) is 17.3 Å². The van der Waals surface area contributed by atoms with E-state index in [0.29, 0.717) is 14.8 Å². The van der Waals surface area contributed by atoms with E-state index < -0.39 is 11.9 Å². The quantitative estimate of drug-likeness (QED) is 0.908. The molecule has 3 N–H and O–H groups in total. The number of hydrogen-bond donors (Lipinski definition) is 2. The predicted octanol–water partition coefficient (Wildman–Crippen LogP) is 2.36. The second-order valence-electron chi connectivity index (χ2n) is 3.82. The normalized spacial score (nSPS) is 11.8. The Morgan fingerprint density at radius 1 is 1.16 bits per heavy atom. The predicted molar refractivity (Wildman–Crippen MR) is 75.2 cm³/mol. The van der Waals surface area contributed by atoms with Crippen molar-refractivity contribution in [1.29, 1.82) is 0 Å². The molecule has 0 aliphatic rings. The topological polar surface area (TPSA) is 72.2 Å². The van der Waals surface area contributed by atoms with E-state index in [9.17, 15) is 9.59 Å². The molecule has 0 aliphatic carbocycles. The summed E-state index contributed by atoms with van der Waals surface area (Å²) in [5.41, 5.74) is 5.97. The van der Waals surface area contributed by atoms with Crippen LogP contribution in [0.5, 0.6) is 0 Å². The minimum atomic E-state index is -0.852. The number of nitrogens with two attached hydrogens (primary N) is 1. The smallest absolute Gasteiger partial charge is 0.262 e. The van der Waals surface area contributed by atoms with E-state index in [1.165, 1.54) is 0 Å². The summed E-state index contributed by atoms with van der Waals surface area (Å²) in [5.74, 6) is -0.980. The molecule has 19 heavy (non-hydrogen) atoms. The molecule has 1 heterocycles. The lowest BCUT2D eigenvalue weighted by Crippen LogP contribution is -2.37. The number of hydrogen-bond acceptors (Lipinski definition) is 3. The number of nitrogens with one attached hydrogen (secondary N) is 1. The summed E-state index contributed by atoms with van der Waals surface area (Å²) in [6.45, 7) is 0. The largest absolute Gasteiger partial charge is 0.368 e. The van der Waals surface area contributed by atoms with Crippen LogP contribution in [0.25, 0.3) is 0 Å². The summed E-state index contributed by atoms with van der Waals surface area (Å²) in [4.78, 5) is 23.9. The number of rotatable bonds is 4. The van der Waals surface area contributed by atoms with E-state index in [-0.39, 0.29) is 5.91 Å². The molecule has 0 saturated carbocycles. The maximum Gasteiger partial charge on any atom is 0.262 e. The summed E-state index contributed by atoms with van der Waals surface area (Å²) < 4.78 is 0.514. The highest BCUT2D eigenvalue weighted by Crippen LogP contribution is 2.22. The van der Waals surface area contributed by atoms with Crippen LogP contribution in [0.15, 0.2) is 42.5 Å². The molecule has 98 valence electrons. The van der Waals surface area contributed by atoms with Gasteiger partial charge in [-0.05, 0) is 17.7 Å². The molecule has 0 spiro atoms. The van der Waals surface area contributed by atoms with Crippen molar-refractivity contribution in [3.05, 3.63) is 57.2 Å². The Morgan fingerprint density at radius 2 is 1.84 bits per heavy atom. The number of carbonyl (C=O) groups is 2. The number of primary amides is 1. The fraction of sp³-hybridized carbons (Fsp3) is 0.0769. The Labute approximate surface area is 119 Å². The van der Waals surface area contributed by atoms with Crippen LogP contribution in [0.3, 0.4) is 0 Å². The molecule has 1 atom stereocenters. The minimum Gasteiger partial charge on any atom is -0.368 e. The Morgan fingerprint density at radius 3 is 2.37 bits per heavy atom. The second kappa shape index (κ2) is 5.86. The maximum absolute atomic E-state index is 12.0. The van der Waals surface area contributed by atoms with E-state index in [1.54, 1.807) is 36.4 Å². The summed E-state index contributed by atoms with van der Waals surface area (Å²) in [5, 5.41) is 2.60. The van der Waals surface area contributed by atoms with Gasteiger partial charge >= 0.3 is 0 Å². The molecule has 0 saturated heterocycles. The van der Waals surface area contributed by atoms with E-state index in [2.05, 4.69) is 5.32 Å². The molecule has 1 aromatic heterocycles. The lowest BCUT2D eigenvalue weighted by atomic mass is 10.1. The maximum atomic E-state index is 12.0. The van der Waals surface area contributed by atoms with Gasteiger partial charge in [0.2, 0.25) is 5.91 Å². The van der Waals surface area contributed by atoms with Gasteiger partial charge in [-0.1, -0.05) is 41.9 Å². The zero-order valence-electron chi connectivity index (χ0n) is 9.80. The van der Waals surface area contributed by atoms with Crippen LogP contribution in [0.2, 0.25) is 4.34 Å². The monoisotopic (exact) mass is 294 g/mol. The molecular formula is C13H11ClN2O2S. The van der Waals surface area contributed by atoms with Gasteiger partial charge in [0.1, 0.15) is 6.04 Å². The lowest BCUT2D eigenvalue weighted by molar-refractivity contribution is -0.120. The molecule has 1 unspecified atom stereocenters. The van der Waals surface area contributed by atoms with Gasteiger partial charge in [0.15, 0.2) is 0 Å². The average molecular weight is 295 g/mol. The molecule has 0 fully saturated rings. The second-order valence-corrected chi connectivity index (χ2v) is 5.54. The van der Waals surface area contributed by atoms with Crippen molar-refractivity contribution in [1.82, 2.24) is 5.32 Å². The van der Waals surface area contributed by atoms with Crippen molar-refractivity contribution >= 4 is 34.8 Å². The lowest BCUT2D eigenvalue weighted by Gasteiger charge is -2.15. The van der Waals surface area contributed by atoms with Crippen LogP contribution in [0.4, 0.5) is 0 Å². The fourth-order valence-electron chi connectivity index (χ4n) is 1.60. The van der Waals surface area contributed by atoms with E-state index in [1.807, 2.05) is 6.07 Å². The van der Waals surface area contributed by atoms with Crippen molar-refractivity contribution in [3.8, 4) is 0 Å². The fourth-order valence-corrected chi connectivity index (χ4v) is 2.55. The zero-order chi connectivity index (χ0) is 13.8. The molecule has 2 rings (SSSR count).